The number of rotatable bonds is 3. The summed E-state index contributed by atoms with van der Waals surface area (Å²) in [5.74, 6) is -0.584. The zero-order chi connectivity index (χ0) is 19.7. The van der Waals surface area contributed by atoms with Gasteiger partial charge in [-0.3, -0.25) is 9.76 Å². The van der Waals surface area contributed by atoms with E-state index >= 15 is 0 Å². The lowest BCUT2D eigenvalue weighted by Gasteiger charge is -1.95. The summed E-state index contributed by atoms with van der Waals surface area (Å²) < 4.78 is 42.7. The summed E-state index contributed by atoms with van der Waals surface area (Å²) >= 11 is 3.03. The number of halogens is 2. The molecule has 0 aromatic heterocycles. The van der Waals surface area contributed by atoms with Crippen molar-refractivity contribution in [3.8, 4) is 0 Å². The minimum absolute atomic E-state index is 0.0666. The SMILES string of the molecule is Cc1ccc(S(=O)(=O)O)cc1.N/C(=N/N=C/c1ccc(F)c(Br)c1)NO. The van der Waals surface area contributed by atoms with Gasteiger partial charge in [-0.15, -0.1) is 5.10 Å². The quantitative estimate of drug-likeness (QED) is 0.247. The van der Waals surface area contributed by atoms with Gasteiger partial charge in [-0.1, -0.05) is 23.8 Å². The molecular weight excluding hydrogens is 431 g/mol. The Morgan fingerprint density at radius 1 is 1.27 bits per heavy atom. The monoisotopic (exact) mass is 446 g/mol. The maximum Gasteiger partial charge on any atom is 0.294 e. The average Bonchev–Trinajstić information content (AvgIpc) is 2.58. The lowest BCUT2D eigenvalue weighted by atomic mass is 10.2. The summed E-state index contributed by atoms with van der Waals surface area (Å²) in [5.41, 5.74) is 8.32. The van der Waals surface area contributed by atoms with Crippen molar-refractivity contribution in [1.82, 2.24) is 5.48 Å². The van der Waals surface area contributed by atoms with Gasteiger partial charge in [0.2, 0.25) is 5.96 Å². The Bertz CT molecular complexity index is 902. The third-order valence-corrected chi connectivity index (χ3v) is 4.22. The minimum atomic E-state index is -4.02. The summed E-state index contributed by atoms with van der Waals surface area (Å²) in [6.45, 7) is 1.84. The summed E-state index contributed by atoms with van der Waals surface area (Å²) in [6, 6.07) is 10.4. The number of aryl methyl sites for hydroxylation is 1. The molecule has 0 spiro atoms. The van der Waals surface area contributed by atoms with Crippen molar-refractivity contribution in [2.45, 2.75) is 11.8 Å². The second kappa shape index (κ2) is 9.97. The second-order valence-electron chi connectivity index (χ2n) is 4.80. The number of nitrogens with two attached hydrogens (primary N) is 1. The lowest BCUT2D eigenvalue weighted by Crippen LogP contribution is -2.27. The molecule has 0 aliphatic rings. The van der Waals surface area contributed by atoms with Crippen molar-refractivity contribution < 1.29 is 22.6 Å². The van der Waals surface area contributed by atoms with Crippen LogP contribution in [0.25, 0.3) is 0 Å². The van der Waals surface area contributed by atoms with Gasteiger partial charge in [0.25, 0.3) is 10.1 Å². The van der Waals surface area contributed by atoms with Crippen LogP contribution in [0.5, 0.6) is 0 Å². The molecule has 0 aliphatic carbocycles. The smallest absolute Gasteiger partial charge is 0.294 e. The topological polar surface area (TPSA) is 137 Å². The molecule has 5 N–H and O–H groups in total. The molecule has 2 rings (SSSR count). The highest BCUT2D eigenvalue weighted by Crippen LogP contribution is 2.15. The van der Waals surface area contributed by atoms with Crippen LogP contribution in [0.4, 0.5) is 4.39 Å². The Hall–Kier alpha value is -2.34. The van der Waals surface area contributed by atoms with Crippen LogP contribution in [0.2, 0.25) is 0 Å². The molecule has 0 saturated carbocycles. The van der Waals surface area contributed by atoms with Crippen molar-refractivity contribution in [2.75, 3.05) is 0 Å². The first kappa shape index (κ1) is 21.7. The van der Waals surface area contributed by atoms with Crippen LogP contribution in [0, 0.1) is 12.7 Å². The van der Waals surface area contributed by atoms with E-state index in [9.17, 15) is 12.8 Å². The van der Waals surface area contributed by atoms with E-state index in [1.165, 1.54) is 36.5 Å². The van der Waals surface area contributed by atoms with E-state index in [-0.39, 0.29) is 16.7 Å². The molecule has 0 heterocycles. The third kappa shape index (κ3) is 7.70. The van der Waals surface area contributed by atoms with E-state index in [1.54, 1.807) is 17.6 Å². The van der Waals surface area contributed by atoms with Gasteiger partial charge in [0, 0.05) is 0 Å². The molecule has 0 fully saturated rings. The summed E-state index contributed by atoms with van der Waals surface area (Å²) in [4.78, 5) is -0.0666. The maximum atomic E-state index is 12.8. The van der Waals surface area contributed by atoms with Crippen LogP contribution in [0.3, 0.4) is 0 Å². The number of hydrogen-bond acceptors (Lipinski definition) is 5. The van der Waals surface area contributed by atoms with Gasteiger partial charge in [-0.25, -0.2) is 9.87 Å². The fourth-order valence-electron chi connectivity index (χ4n) is 1.48. The fourth-order valence-corrected chi connectivity index (χ4v) is 2.36. The zero-order valence-electron chi connectivity index (χ0n) is 13.5. The first-order valence-corrected chi connectivity index (χ1v) is 9.12. The van der Waals surface area contributed by atoms with E-state index in [4.69, 9.17) is 15.5 Å². The number of nitrogens with one attached hydrogen (secondary N) is 1. The summed E-state index contributed by atoms with van der Waals surface area (Å²) in [7, 11) is -4.02. The maximum absolute atomic E-state index is 12.8. The van der Waals surface area contributed by atoms with Crippen molar-refractivity contribution in [3.63, 3.8) is 0 Å². The molecule has 2 aromatic carbocycles. The van der Waals surface area contributed by atoms with Gasteiger partial charge in [0.1, 0.15) is 5.82 Å². The van der Waals surface area contributed by atoms with Crippen molar-refractivity contribution in [2.24, 2.45) is 15.9 Å². The molecule has 11 heteroatoms. The average molecular weight is 447 g/mol. The highest BCUT2D eigenvalue weighted by Gasteiger charge is 2.06. The molecule has 8 nitrogen and oxygen atoms in total. The van der Waals surface area contributed by atoms with E-state index in [2.05, 4.69) is 26.1 Å². The Morgan fingerprint density at radius 2 is 1.88 bits per heavy atom. The molecule has 0 bridgehead atoms. The van der Waals surface area contributed by atoms with Gasteiger partial charge >= 0.3 is 0 Å². The number of benzene rings is 2. The first-order valence-electron chi connectivity index (χ1n) is 6.89. The van der Waals surface area contributed by atoms with Crippen molar-refractivity contribution >= 4 is 38.2 Å². The molecule has 0 unspecified atom stereocenters. The Balaban J connectivity index is 0.000000273. The number of hydrogen-bond donors (Lipinski definition) is 4. The molecule has 2 aromatic rings. The van der Waals surface area contributed by atoms with Crippen LogP contribution in [0.1, 0.15) is 11.1 Å². The zero-order valence-corrected chi connectivity index (χ0v) is 15.9. The van der Waals surface area contributed by atoms with E-state index < -0.39 is 10.1 Å². The molecule has 0 radical (unpaired) electrons. The highest BCUT2D eigenvalue weighted by molar-refractivity contribution is 9.10. The Morgan fingerprint density at radius 3 is 2.38 bits per heavy atom. The normalized spacial score (nSPS) is 11.8. The van der Waals surface area contributed by atoms with E-state index in [1.807, 2.05) is 6.92 Å². The lowest BCUT2D eigenvalue weighted by molar-refractivity contribution is 0.232. The molecule has 0 saturated heterocycles. The number of nitrogens with zero attached hydrogens (tertiary/aromatic N) is 2. The molecule has 0 atom stereocenters. The van der Waals surface area contributed by atoms with Crippen LogP contribution in [-0.4, -0.2) is 30.4 Å². The van der Waals surface area contributed by atoms with Crippen LogP contribution >= 0.6 is 15.9 Å². The van der Waals surface area contributed by atoms with Crippen molar-refractivity contribution in [3.05, 3.63) is 63.9 Å². The summed E-state index contributed by atoms with van der Waals surface area (Å²) in [6.07, 6.45) is 1.37. The Labute approximate surface area is 158 Å². The Kier molecular flexibility index (Phi) is 8.32. The van der Waals surface area contributed by atoms with Gasteiger partial charge in [-0.05, 0) is 52.7 Å². The van der Waals surface area contributed by atoms with Crippen LogP contribution in [0.15, 0.2) is 62.0 Å². The molecular formula is C15H16BrFN4O4S. The molecule has 140 valence electrons. The van der Waals surface area contributed by atoms with E-state index in [0.29, 0.717) is 10.0 Å². The standard InChI is InChI=1S/C8H8BrFN4O.C7H8O3S/c9-6-3-5(1-2-7(6)10)4-12-13-8(11)14-15;1-6-2-4-7(5-3-6)11(8,9)10/h1-4,15H,(H3,11,13,14);2-5H,1H3,(H,8,9,10)/b12-4+;. The predicted molar refractivity (Wildman–Crippen MR) is 99.2 cm³/mol. The van der Waals surface area contributed by atoms with E-state index in [0.717, 1.165) is 5.56 Å². The first-order chi connectivity index (χ1) is 12.1. The van der Waals surface area contributed by atoms with Crippen LogP contribution in [-0.2, 0) is 10.1 Å². The van der Waals surface area contributed by atoms with Gasteiger partial charge < -0.3 is 5.73 Å². The van der Waals surface area contributed by atoms with Crippen LogP contribution < -0.4 is 11.2 Å². The summed E-state index contributed by atoms with van der Waals surface area (Å²) in [5, 5.41) is 15.2. The third-order valence-electron chi connectivity index (χ3n) is 2.75. The fraction of sp³-hybridized carbons (Fsp3) is 0.0667. The number of hydroxylamine groups is 1. The molecule has 0 aliphatic heterocycles. The molecule has 0 amide bonds. The number of guanidine groups is 1. The minimum Gasteiger partial charge on any atom is -0.367 e. The highest BCUT2D eigenvalue weighted by atomic mass is 79.9. The van der Waals surface area contributed by atoms with Gasteiger partial charge in [0.05, 0.1) is 15.6 Å². The largest absolute Gasteiger partial charge is 0.367 e. The van der Waals surface area contributed by atoms with Gasteiger partial charge in [-0.2, -0.15) is 13.5 Å². The molecule has 26 heavy (non-hydrogen) atoms. The predicted octanol–water partition coefficient (Wildman–Crippen LogP) is 2.46. The van der Waals surface area contributed by atoms with Gasteiger partial charge in [0.15, 0.2) is 0 Å². The van der Waals surface area contributed by atoms with Crippen molar-refractivity contribution in [1.29, 1.82) is 0 Å². The second-order valence-corrected chi connectivity index (χ2v) is 7.08.